The van der Waals surface area contributed by atoms with E-state index in [-0.39, 0.29) is 25.4 Å². The molecule has 0 aliphatic carbocycles. The van der Waals surface area contributed by atoms with Crippen molar-refractivity contribution in [2.75, 3.05) is 13.1 Å². The van der Waals surface area contributed by atoms with E-state index in [1.54, 1.807) is 17.4 Å². The molecule has 0 bridgehead atoms. The molecule has 2 amide bonds. The molecule has 0 radical (unpaired) electrons. The van der Waals surface area contributed by atoms with E-state index in [2.05, 4.69) is 10.3 Å². The lowest BCUT2D eigenvalue weighted by Gasteiger charge is -2.24. The van der Waals surface area contributed by atoms with Crippen molar-refractivity contribution in [3.05, 3.63) is 52.9 Å². The lowest BCUT2D eigenvalue weighted by molar-refractivity contribution is -0.132. The highest BCUT2D eigenvalue weighted by Crippen LogP contribution is 2.29. The third-order valence-electron chi connectivity index (χ3n) is 5.16. The van der Waals surface area contributed by atoms with Crippen LogP contribution in [0.25, 0.3) is 10.2 Å². The largest absolute Gasteiger partial charge is 0.414 e. The molecule has 3 atom stereocenters. The Kier molecular flexibility index (Phi) is 5.76. The van der Waals surface area contributed by atoms with Gasteiger partial charge in [0.25, 0.3) is 0 Å². The predicted octanol–water partition coefficient (Wildman–Crippen LogP) is 1.80. The first-order valence-electron chi connectivity index (χ1n) is 9.64. The number of hydrogen-bond donors (Lipinski definition) is 4. The van der Waals surface area contributed by atoms with E-state index in [1.807, 2.05) is 42.6 Å². The van der Waals surface area contributed by atoms with Crippen molar-refractivity contribution < 1.29 is 24.5 Å². The van der Waals surface area contributed by atoms with E-state index >= 15 is 0 Å². The molecule has 1 fully saturated rings. The lowest BCUT2D eigenvalue weighted by atomic mass is 10.1. The SMILES string of the molecule is Cc1csc2cc(OC(=O)N[C@@H](Cc3ccccc3)C(=O)N3C[C@@H](O)[C@@H](O)C3)[nH]c12. The van der Waals surface area contributed by atoms with Gasteiger partial charge in [-0.05, 0) is 23.4 Å². The van der Waals surface area contributed by atoms with Crippen LogP contribution < -0.4 is 10.1 Å². The van der Waals surface area contributed by atoms with Crippen molar-refractivity contribution in [2.45, 2.75) is 31.6 Å². The number of nitrogens with one attached hydrogen (secondary N) is 2. The maximum Gasteiger partial charge on any atom is 0.414 e. The summed E-state index contributed by atoms with van der Waals surface area (Å²) in [5.41, 5.74) is 2.85. The van der Waals surface area contributed by atoms with Gasteiger partial charge < -0.3 is 30.2 Å². The van der Waals surface area contributed by atoms with Crippen molar-refractivity contribution in [2.24, 2.45) is 0 Å². The summed E-state index contributed by atoms with van der Waals surface area (Å²) in [5, 5.41) is 24.2. The van der Waals surface area contributed by atoms with Gasteiger partial charge in [0.05, 0.1) is 22.4 Å². The lowest BCUT2D eigenvalue weighted by Crippen LogP contribution is -2.50. The number of H-pyrrole nitrogens is 1. The number of hydrogen-bond acceptors (Lipinski definition) is 6. The van der Waals surface area contributed by atoms with Gasteiger partial charge in [0.15, 0.2) is 0 Å². The van der Waals surface area contributed by atoms with Gasteiger partial charge in [-0.15, -0.1) is 11.3 Å². The molecule has 158 valence electrons. The van der Waals surface area contributed by atoms with Crippen LogP contribution in [0.1, 0.15) is 11.1 Å². The number of likely N-dealkylation sites (tertiary alicyclic amines) is 1. The summed E-state index contributed by atoms with van der Waals surface area (Å²) >= 11 is 1.55. The van der Waals surface area contributed by atoms with Gasteiger partial charge >= 0.3 is 6.09 Å². The van der Waals surface area contributed by atoms with Gasteiger partial charge in [-0.25, -0.2) is 4.79 Å². The number of amides is 2. The minimum Gasteiger partial charge on any atom is -0.393 e. The van der Waals surface area contributed by atoms with Crippen LogP contribution in [0, 0.1) is 6.92 Å². The molecule has 1 aromatic carbocycles. The highest BCUT2D eigenvalue weighted by atomic mass is 32.1. The van der Waals surface area contributed by atoms with Crippen LogP contribution in [-0.4, -0.2) is 63.4 Å². The van der Waals surface area contributed by atoms with Crippen LogP contribution in [0.15, 0.2) is 41.8 Å². The zero-order chi connectivity index (χ0) is 21.3. The quantitative estimate of drug-likeness (QED) is 0.494. The Morgan fingerprint density at radius 2 is 1.97 bits per heavy atom. The summed E-state index contributed by atoms with van der Waals surface area (Å²) in [7, 11) is 0. The number of rotatable bonds is 5. The molecule has 1 aliphatic rings. The third kappa shape index (κ3) is 4.33. The van der Waals surface area contributed by atoms with Gasteiger partial charge in [0, 0.05) is 25.6 Å². The summed E-state index contributed by atoms with van der Waals surface area (Å²) in [6.07, 6.45) is -2.48. The van der Waals surface area contributed by atoms with E-state index in [9.17, 15) is 19.8 Å². The summed E-state index contributed by atoms with van der Waals surface area (Å²) in [4.78, 5) is 29.9. The standard InChI is InChI=1S/C21H23N3O5S/c1-12-11-30-17-8-18(23-19(12)17)29-21(28)22-14(7-13-5-3-2-4-6-13)20(27)24-9-15(25)16(26)10-24/h2-6,8,11,14-16,23,25-26H,7,9-10H2,1H3,(H,22,28)/t14-,15-,16+/m0/s1. The number of carbonyl (C=O) groups is 2. The number of carbonyl (C=O) groups excluding carboxylic acids is 2. The number of aliphatic hydroxyl groups is 2. The summed E-state index contributed by atoms with van der Waals surface area (Å²) < 4.78 is 6.35. The Labute approximate surface area is 177 Å². The van der Waals surface area contributed by atoms with Crippen LogP contribution >= 0.6 is 11.3 Å². The number of aromatic nitrogens is 1. The van der Waals surface area contributed by atoms with Crippen molar-refractivity contribution in [1.29, 1.82) is 0 Å². The number of β-amino-alcohol motifs (C(OH)–C–C–N with tert-alkyl or cyclic N) is 2. The Bertz CT molecular complexity index is 1040. The number of thiophene rings is 1. The van der Waals surface area contributed by atoms with Crippen molar-refractivity contribution in [3.8, 4) is 5.88 Å². The summed E-state index contributed by atoms with van der Waals surface area (Å²) in [6, 6.07) is 10.2. The van der Waals surface area contributed by atoms with Gasteiger partial charge in [-0.2, -0.15) is 0 Å². The second kappa shape index (κ2) is 8.47. The molecular formula is C21H23N3O5S. The Morgan fingerprint density at radius 1 is 1.27 bits per heavy atom. The van der Waals surface area contributed by atoms with Crippen LogP contribution in [-0.2, 0) is 11.2 Å². The van der Waals surface area contributed by atoms with E-state index in [0.29, 0.717) is 5.88 Å². The third-order valence-corrected chi connectivity index (χ3v) is 6.21. The molecule has 9 heteroatoms. The molecule has 2 aromatic heterocycles. The Balaban J connectivity index is 1.48. The zero-order valence-electron chi connectivity index (χ0n) is 16.4. The molecule has 1 saturated heterocycles. The van der Waals surface area contributed by atoms with E-state index in [4.69, 9.17) is 4.74 Å². The molecule has 4 rings (SSSR count). The second-order valence-corrected chi connectivity index (χ2v) is 8.36. The fourth-order valence-corrected chi connectivity index (χ4v) is 4.48. The van der Waals surface area contributed by atoms with Crippen LogP contribution in [0.3, 0.4) is 0 Å². The molecule has 0 spiro atoms. The maximum absolute atomic E-state index is 13.0. The number of aryl methyl sites for hydroxylation is 1. The van der Waals surface area contributed by atoms with Crippen LogP contribution in [0.2, 0.25) is 0 Å². The molecule has 30 heavy (non-hydrogen) atoms. The van der Waals surface area contributed by atoms with Gasteiger partial charge in [0.1, 0.15) is 6.04 Å². The molecular weight excluding hydrogens is 406 g/mol. The Morgan fingerprint density at radius 3 is 2.63 bits per heavy atom. The average Bonchev–Trinajstić information content (AvgIpc) is 3.38. The first kappa shape index (κ1) is 20.4. The zero-order valence-corrected chi connectivity index (χ0v) is 17.2. The van der Waals surface area contributed by atoms with Crippen molar-refractivity contribution in [1.82, 2.24) is 15.2 Å². The number of benzene rings is 1. The highest BCUT2D eigenvalue weighted by Gasteiger charge is 2.36. The van der Waals surface area contributed by atoms with E-state index in [1.165, 1.54) is 4.90 Å². The fraction of sp³-hybridized carbons (Fsp3) is 0.333. The van der Waals surface area contributed by atoms with Gasteiger partial charge in [-0.3, -0.25) is 4.79 Å². The second-order valence-electron chi connectivity index (χ2n) is 7.45. The molecule has 4 N–H and O–H groups in total. The number of nitrogens with zero attached hydrogens (tertiary/aromatic N) is 1. The Hall–Kier alpha value is -2.88. The maximum atomic E-state index is 13.0. The topological polar surface area (TPSA) is 115 Å². The molecule has 3 aromatic rings. The monoisotopic (exact) mass is 429 g/mol. The van der Waals surface area contributed by atoms with Crippen LogP contribution in [0.5, 0.6) is 5.88 Å². The van der Waals surface area contributed by atoms with Gasteiger partial charge in [-0.1, -0.05) is 30.3 Å². The molecule has 0 unspecified atom stereocenters. The van der Waals surface area contributed by atoms with Crippen molar-refractivity contribution in [3.63, 3.8) is 0 Å². The van der Waals surface area contributed by atoms with E-state index in [0.717, 1.165) is 21.3 Å². The molecule has 1 aliphatic heterocycles. The van der Waals surface area contributed by atoms with E-state index < -0.39 is 24.3 Å². The first-order chi connectivity index (χ1) is 14.4. The number of aliphatic hydroxyl groups excluding tert-OH is 2. The minimum atomic E-state index is -0.992. The number of aromatic amines is 1. The minimum absolute atomic E-state index is 0.0220. The molecule has 8 nitrogen and oxygen atoms in total. The fourth-order valence-electron chi connectivity index (χ4n) is 3.56. The first-order valence-corrected chi connectivity index (χ1v) is 10.5. The highest BCUT2D eigenvalue weighted by molar-refractivity contribution is 7.17. The summed E-state index contributed by atoms with van der Waals surface area (Å²) in [6.45, 7) is 2.01. The van der Waals surface area contributed by atoms with Gasteiger partial charge in [0.2, 0.25) is 11.8 Å². The number of fused-ring (bicyclic) bond motifs is 1. The molecule has 3 heterocycles. The normalized spacial score (nSPS) is 19.8. The smallest absolute Gasteiger partial charge is 0.393 e. The average molecular weight is 429 g/mol. The van der Waals surface area contributed by atoms with Crippen LogP contribution in [0.4, 0.5) is 4.79 Å². The number of ether oxygens (including phenoxy) is 1. The summed E-state index contributed by atoms with van der Waals surface area (Å²) in [5.74, 6) is -0.0786. The van der Waals surface area contributed by atoms with Crippen molar-refractivity contribution >= 4 is 33.6 Å². The molecule has 0 saturated carbocycles. The predicted molar refractivity (Wildman–Crippen MR) is 113 cm³/mol.